The summed E-state index contributed by atoms with van der Waals surface area (Å²) >= 11 is 0. The molecule has 0 saturated heterocycles. The molecule has 1 heterocycles. The first-order valence-corrected chi connectivity index (χ1v) is 6.60. The fourth-order valence-electron chi connectivity index (χ4n) is 2.50. The highest BCUT2D eigenvalue weighted by atomic mass is 16.2. The second-order valence-corrected chi connectivity index (χ2v) is 5.05. The van der Waals surface area contributed by atoms with Crippen molar-refractivity contribution in [2.24, 2.45) is 23.3 Å². The van der Waals surface area contributed by atoms with Crippen LogP contribution in [0.5, 0.6) is 0 Å². The molecule has 1 aliphatic heterocycles. The number of amides is 1. The van der Waals surface area contributed by atoms with Crippen LogP contribution in [0.4, 0.5) is 0 Å². The van der Waals surface area contributed by atoms with Crippen molar-refractivity contribution >= 4 is 5.91 Å². The SMILES string of the molecule is NC[C@H]1CC[C@H](C(=O)NN2C=CC=CC2N)CC1. The summed E-state index contributed by atoms with van der Waals surface area (Å²) in [6.07, 6.45) is 11.0. The van der Waals surface area contributed by atoms with E-state index in [0.717, 1.165) is 32.2 Å². The third kappa shape index (κ3) is 3.11. The van der Waals surface area contributed by atoms with Gasteiger partial charge in [0.1, 0.15) is 6.17 Å². The number of hydrogen-bond acceptors (Lipinski definition) is 4. The van der Waals surface area contributed by atoms with Crippen LogP contribution in [0.2, 0.25) is 0 Å². The van der Waals surface area contributed by atoms with Gasteiger partial charge in [-0.25, -0.2) is 0 Å². The predicted molar refractivity (Wildman–Crippen MR) is 70.7 cm³/mol. The van der Waals surface area contributed by atoms with Crippen LogP contribution in [0, 0.1) is 11.8 Å². The predicted octanol–water partition coefficient (Wildman–Crippen LogP) is 0.453. The van der Waals surface area contributed by atoms with Gasteiger partial charge in [0, 0.05) is 12.1 Å². The Morgan fingerprint density at radius 1 is 1.28 bits per heavy atom. The first kappa shape index (κ1) is 13.1. The molecule has 5 nitrogen and oxygen atoms in total. The summed E-state index contributed by atoms with van der Waals surface area (Å²) in [5, 5.41) is 1.65. The minimum atomic E-state index is -0.278. The van der Waals surface area contributed by atoms with Crippen molar-refractivity contribution in [1.82, 2.24) is 10.4 Å². The Balaban J connectivity index is 1.82. The van der Waals surface area contributed by atoms with E-state index in [1.165, 1.54) is 0 Å². The Labute approximate surface area is 108 Å². The van der Waals surface area contributed by atoms with Gasteiger partial charge in [0.15, 0.2) is 0 Å². The lowest BCUT2D eigenvalue weighted by molar-refractivity contribution is -0.130. The molecule has 1 saturated carbocycles. The van der Waals surface area contributed by atoms with Crippen molar-refractivity contribution in [2.45, 2.75) is 31.8 Å². The van der Waals surface area contributed by atoms with Crippen molar-refractivity contribution in [3.05, 3.63) is 24.4 Å². The van der Waals surface area contributed by atoms with Crippen LogP contribution in [0.25, 0.3) is 0 Å². The highest BCUT2D eigenvalue weighted by Gasteiger charge is 2.27. The molecule has 1 unspecified atom stereocenters. The fraction of sp³-hybridized carbons (Fsp3) is 0.615. The lowest BCUT2D eigenvalue weighted by Crippen LogP contribution is -2.51. The lowest BCUT2D eigenvalue weighted by Gasteiger charge is -2.32. The molecular weight excluding hydrogens is 228 g/mol. The maximum absolute atomic E-state index is 12.1. The van der Waals surface area contributed by atoms with Crippen LogP contribution in [0.3, 0.4) is 0 Å². The number of hydrogen-bond donors (Lipinski definition) is 3. The molecular formula is C13H22N4O. The summed E-state index contributed by atoms with van der Waals surface area (Å²) in [6.45, 7) is 0.735. The summed E-state index contributed by atoms with van der Waals surface area (Å²) in [6, 6.07) is 0. The van der Waals surface area contributed by atoms with E-state index in [0.29, 0.717) is 5.92 Å². The van der Waals surface area contributed by atoms with Gasteiger partial charge in [-0.15, -0.1) is 0 Å². The Morgan fingerprint density at radius 3 is 2.61 bits per heavy atom. The largest absolute Gasteiger partial charge is 0.330 e. The van der Waals surface area contributed by atoms with Gasteiger partial charge in [-0.1, -0.05) is 6.08 Å². The molecule has 0 bridgehead atoms. The number of nitrogens with zero attached hydrogens (tertiary/aromatic N) is 1. The molecule has 0 aromatic rings. The third-order valence-electron chi connectivity index (χ3n) is 3.78. The van der Waals surface area contributed by atoms with Crippen molar-refractivity contribution < 1.29 is 4.79 Å². The van der Waals surface area contributed by atoms with Gasteiger partial charge in [0.05, 0.1) is 0 Å². The average molecular weight is 250 g/mol. The van der Waals surface area contributed by atoms with E-state index < -0.39 is 0 Å². The third-order valence-corrected chi connectivity index (χ3v) is 3.78. The van der Waals surface area contributed by atoms with E-state index in [1.54, 1.807) is 11.2 Å². The van der Waals surface area contributed by atoms with E-state index in [2.05, 4.69) is 5.43 Å². The normalized spacial score (nSPS) is 31.4. The lowest BCUT2D eigenvalue weighted by atomic mass is 9.82. The van der Waals surface area contributed by atoms with Crippen LogP contribution >= 0.6 is 0 Å². The van der Waals surface area contributed by atoms with Gasteiger partial charge < -0.3 is 11.5 Å². The molecule has 0 radical (unpaired) electrons. The molecule has 1 fully saturated rings. The van der Waals surface area contributed by atoms with E-state index in [-0.39, 0.29) is 18.0 Å². The van der Waals surface area contributed by atoms with Crippen molar-refractivity contribution in [3.63, 3.8) is 0 Å². The molecule has 5 heteroatoms. The topological polar surface area (TPSA) is 84.4 Å². The standard InChI is InChI=1S/C13H22N4O/c14-9-10-4-6-11(7-5-10)13(18)16-17-8-2-1-3-12(17)15/h1-3,8,10-12H,4-7,9,14-15H2,(H,16,18)/t10-,11-,12?. The molecule has 0 aromatic carbocycles. The first-order chi connectivity index (χ1) is 8.70. The number of carbonyl (C=O) groups excluding carboxylic acids is 1. The summed E-state index contributed by atoms with van der Waals surface area (Å²) in [7, 11) is 0. The number of allylic oxidation sites excluding steroid dienone is 2. The second kappa shape index (κ2) is 6.02. The molecule has 5 N–H and O–H groups in total. The number of nitrogens with two attached hydrogens (primary N) is 2. The van der Waals surface area contributed by atoms with Crippen molar-refractivity contribution in [3.8, 4) is 0 Å². The van der Waals surface area contributed by atoms with Gasteiger partial charge in [-0.05, 0) is 50.3 Å². The van der Waals surface area contributed by atoms with Gasteiger partial charge in [-0.3, -0.25) is 15.2 Å². The monoisotopic (exact) mass is 250 g/mol. The summed E-state index contributed by atoms with van der Waals surface area (Å²) in [4.78, 5) is 12.1. The Hall–Kier alpha value is -1.33. The number of carbonyl (C=O) groups is 1. The van der Waals surface area contributed by atoms with Crippen molar-refractivity contribution in [2.75, 3.05) is 6.54 Å². The smallest absolute Gasteiger partial charge is 0.241 e. The van der Waals surface area contributed by atoms with Gasteiger partial charge in [0.25, 0.3) is 0 Å². The zero-order valence-electron chi connectivity index (χ0n) is 10.6. The van der Waals surface area contributed by atoms with E-state index in [9.17, 15) is 4.79 Å². The molecule has 1 amide bonds. The molecule has 100 valence electrons. The van der Waals surface area contributed by atoms with Gasteiger partial charge >= 0.3 is 0 Å². The molecule has 18 heavy (non-hydrogen) atoms. The molecule has 1 atom stereocenters. The second-order valence-electron chi connectivity index (χ2n) is 5.05. The number of hydrazine groups is 1. The summed E-state index contributed by atoms with van der Waals surface area (Å²) < 4.78 is 0. The fourth-order valence-corrected chi connectivity index (χ4v) is 2.50. The van der Waals surface area contributed by atoms with Crippen molar-refractivity contribution in [1.29, 1.82) is 0 Å². The van der Waals surface area contributed by atoms with Gasteiger partial charge in [-0.2, -0.15) is 0 Å². The maximum atomic E-state index is 12.1. The van der Waals surface area contributed by atoms with E-state index in [4.69, 9.17) is 11.5 Å². The maximum Gasteiger partial charge on any atom is 0.241 e. The molecule has 2 rings (SSSR count). The highest BCUT2D eigenvalue weighted by molar-refractivity contribution is 5.78. The summed E-state index contributed by atoms with van der Waals surface area (Å²) in [5.74, 6) is 0.759. The van der Waals surface area contributed by atoms with Crippen LogP contribution < -0.4 is 16.9 Å². The first-order valence-electron chi connectivity index (χ1n) is 6.60. The van der Waals surface area contributed by atoms with Gasteiger partial charge in [0.2, 0.25) is 5.91 Å². The molecule has 0 aromatic heterocycles. The van der Waals surface area contributed by atoms with Crippen LogP contribution in [0.15, 0.2) is 24.4 Å². The zero-order chi connectivity index (χ0) is 13.0. The summed E-state index contributed by atoms with van der Waals surface area (Å²) in [5.41, 5.74) is 14.4. The average Bonchev–Trinajstić information content (AvgIpc) is 2.41. The van der Waals surface area contributed by atoms with Crippen LogP contribution in [0.1, 0.15) is 25.7 Å². The quantitative estimate of drug-likeness (QED) is 0.679. The van der Waals surface area contributed by atoms with Crippen LogP contribution in [-0.4, -0.2) is 23.6 Å². The van der Waals surface area contributed by atoms with E-state index >= 15 is 0 Å². The highest BCUT2D eigenvalue weighted by Crippen LogP contribution is 2.28. The minimum absolute atomic E-state index is 0.0703. The van der Waals surface area contributed by atoms with E-state index in [1.807, 2.05) is 18.2 Å². The number of rotatable bonds is 3. The Bertz CT molecular complexity index is 345. The van der Waals surface area contributed by atoms with Crippen LogP contribution in [-0.2, 0) is 4.79 Å². The minimum Gasteiger partial charge on any atom is -0.330 e. The Kier molecular flexibility index (Phi) is 4.38. The number of nitrogens with one attached hydrogen (secondary N) is 1. The molecule has 0 spiro atoms. The Morgan fingerprint density at radius 2 is 2.00 bits per heavy atom. The zero-order valence-corrected chi connectivity index (χ0v) is 10.6. The molecule has 1 aliphatic carbocycles. The molecule has 2 aliphatic rings.